The van der Waals surface area contributed by atoms with E-state index < -0.39 is 8.07 Å². The average molecular weight is 264 g/mol. The lowest BCUT2D eigenvalue weighted by Gasteiger charge is -2.15. The van der Waals surface area contributed by atoms with Crippen molar-refractivity contribution in [2.24, 2.45) is 0 Å². The van der Waals surface area contributed by atoms with Gasteiger partial charge in [-0.15, -0.1) is 0 Å². The molecule has 0 aromatic heterocycles. The van der Waals surface area contributed by atoms with Gasteiger partial charge in [0.05, 0.1) is 8.07 Å². The van der Waals surface area contributed by atoms with Gasteiger partial charge in [-0.1, -0.05) is 66.5 Å². The fraction of sp³-hybridized carbons (Fsp3) is 0.222. The van der Waals surface area contributed by atoms with Crippen LogP contribution in [0.25, 0.3) is 0 Å². The molecule has 2 rings (SSSR count). The third-order valence-corrected chi connectivity index (χ3v) is 5.22. The molecule has 1 heteroatoms. The molecule has 0 aliphatic heterocycles. The van der Waals surface area contributed by atoms with Crippen LogP contribution in [-0.2, 0) is 0 Å². The maximum Gasteiger partial charge on any atom is 0.0775 e. The molecule has 0 radical (unpaired) electrons. The highest BCUT2D eigenvalue weighted by atomic mass is 28.3. The highest BCUT2D eigenvalue weighted by Gasteiger charge is 2.15. The second-order valence-electron chi connectivity index (χ2n) is 5.94. The highest BCUT2D eigenvalue weighted by Crippen LogP contribution is 2.05. The van der Waals surface area contributed by atoms with Crippen molar-refractivity contribution in [1.29, 1.82) is 0 Å². The van der Waals surface area contributed by atoms with Crippen LogP contribution < -0.4 is 5.19 Å². The van der Waals surface area contributed by atoms with Gasteiger partial charge in [-0.2, -0.15) is 0 Å². The van der Waals surface area contributed by atoms with Crippen molar-refractivity contribution in [3.8, 4) is 11.8 Å². The second-order valence-corrected chi connectivity index (χ2v) is 11.0. The number of hydrogen-bond donors (Lipinski definition) is 0. The molecule has 0 unspecified atom stereocenters. The molecule has 2 aromatic carbocycles. The molecular weight excluding hydrogens is 244 g/mol. The molecule has 0 fully saturated rings. The molecule has 0 saturated heterocycles. The monoisotopic (exact) mass is 264 g/mol. The largest absolute Gasteiger partial charge is 0.0775 e. The summed E-state index contributed by atoms with van der Waals surface area (Å²) in [6.45, 7) is 9.17. The van der Waals surface area contributed by atoms with Gasteiger partial charge in [0, 0.05) is 11.1 Å². The summed E-state index contributed by atoms with van der Waals surface area (Å²) in [7, 11) is -1.20. The van der Waals surface area contributed by atoms with Gasteiger partial charge in [0.15, 0.2) is 0 Å². The zero-order valence-corrected chi connectivity index (χ0v) is 13.1. The van der Waals surface area contributed by atoms with E-state index in [1.54, 1.807) is 0 Å². The molecule has 0 nitrogen and oxygen atoms in total. The lowest BCUT2D eigenvalue weighted by atomic mass is 10.1. The average Bonchev–Trinajstić information content (AvgIpc) is 2.37. The molecule has 0 amide bonds. The fourth-order valence-corrected chi connectivity index (χ4v) is 3.00. The zero-order chi connectivity index (χ0) is 13.9. The third-order valence-electron chi connectivity index (χ3n) is 3.15. The van der Waals surface area contributed by atoms with Gasteiger partial charge in [-0.3, -0.25) is 0 Å². The smallest absolute Gasteiger partial charge is 0.0656 e. The molecule has 0 N–H and O–H groups in total. The summed E-state index contributed by atoms with van der Waals surface area (Å²) in [5.41, 5.74) is 3.42. The Morgan fingerprint density at radius 3 is 1.53 bits per heavy atom. The first-order chi connectivity index (χ1) is 8.95. The van der Waals surface area contributed by atoms with E-state index in [2.05, 4.69) is 86.9 Å². The van der Waals surface area contributed by atoms with Gasteiger partial charge < -0.3 is 0 Å². The van der Waals surface area contributed by atoms with Crippen molar-refractivity contribution >= 4 is 13.3 Å². The Bertz CT molecular complexity index is 602. The Hall–Kier alpha value is -1.78. The van der Waals surface area contributed by atoms with Crippen LogP contribution in [0.2, 0.25) is 19.6 Å². The van der Waals surface area contributed by atoms with Crippen LogP contribution in [0.3, 0.4) is 0 Å². The van der Waals surface area contributed by atoms with E-state index in [1.165, 1.54) is 10.8 Å². The topological polar surface area (TPSA) is 0 Å². The van der Waals surface area contributed by atoms with Crippen molar-refractivity contribution in [1.82, 2.24) is 0 Å². The minimum absolute atomic E-state index is 1.07. The van der Waals surface area contributed by atoms with Crippen molar-refractivity contribution in [3.05, 3.63) is 65.2 Å². The molecule has 2 aromatic rings. The Balaban J connectivity index is 2.19. The first-order valence-electron chi connectivity index (χ1n) is 6.64. The fourth-order valence-electron chi connectivity index (χ4n) is 1.83. The Morgan fingerprint density at radius 1 is 0.684 bits per heavy atom. The molecule has 0 saturated carbocycles. The summed E-state index contributed by atoms with van der Waals surface area (Å²) in [4.78, 5) is 0. The van der Waals surface area contributed by atoms with Crippen LogP contribution in [0.15, 0.2) is 48.5 Å². The van der Waals surface area contributed by atoms with Gasteiger partial charge in [-0.25, -0.2) is 0 Å². The standard InChI is InChI=1S/C18H20Si/c1-15-5-7-16(8-6-15)9-10-17-11-13-18(14-12-17)19(2,3)4/h5-8,11-14H,1-4H3. The third kappa shape index (κ3) is 3.84. The quantitative estimate of drug-likeness (QED) is 0.540. The first kappa shape index (κ1) is 13.6. The van der Waals surface area contributed by atoms with E-state index in [9.17, 15) is 0 Å². The van der Waals surface area contributed by atoms with E-state index in [-0.39, 0.29) is 0 Å². The molecule has 96 valence electrons. The van der Waals surface area contributed by atoms with Crippen LogP contribution in [0.5, 0.6) is 0 Å². The molecule has 0 spiro atoms. The van der Waals surface area contributed by atoms with Gasteiger partial charge in [-0.05, 0) is 31.2 Å². The summed E-state index contributed by atoms with van der Waals surface area (Å²) < 4.78 is 0. The lowest BCUT2D eigenvalue weighted by molar-refractivity contribution is 1.46. The summed E-state index contributed by atoms with van der Waals surface area (Å²) in [5, 5.41) is 1.48. The Labute approximate surface area is 117 Å². The molecule has 19 heavy (non-hydrogen) atoms. The predicted octanol–water partition coefficient (Wildman–Crippen LogP) is 3.94. The van der Waals surface area contributed by atoms with E-state index in [4.69, 9.17) is 0 Å². The van der Waals surface area contributed by atoms with Gasteiger partial charge in [0.2, 0.25) is 0 Å². The van der Waals surface area contributed by atoms with Crippen LogP contribution >= 0.6 is 0 Å². The number of rotatable bonds is 1. The summed E-state index contributed by atoms with van der Waals surface area (Å²) >= 11 is 0. The molecule has 0 aliphatic rings. The van der Waals surface area contributed by atoms with Crippen molar-refractivity contribution in [2.75, 3.05) is 0 Å². The predicted molar refractivity (Wildman–Crippen MR) is 86.6 cm³/mol. The van der Waals surface area contributed by atoms with Gasteiger partial charge in [0.1, 0.15) is 0 Å². The normalized spacial score (nSPS) is 10.7. The Morgan fingerprint density at radius 2 is 1.11 bits per heavy atom. The minimum atomic E-state index is -1.20. The van der Waals surface area contributed by atoms with E-state index in [1.807, 2.05) is 0 Å². The van der Waals surface area contributed by atoms with Gasteiger partial charge >= 0.3 is 0 Å². The molecule has 0 aliphatic carbocycles. The second kappa shape index (κ2) is 5.46. The van der Waals surface area contributed by atoms with Crippen molar-refractivity contribution < 1.29 is 0 Å². The zero-order valence-electron chi connectivity index (χ0n) is 12.1. The maximum absolute atomic E-state index is 3.22. The van der Waals surface area contributed by atoms with Crippen molar-refractivity contribution in [3.63, 3.8) is 0 Å². The first-order valence-corrected chi connectivity index (χ1v) is 10.1. The number of aryl methyl sites for hydroxylation is 1. The van der Waals surface area contributed by atoms with Gasteiger partial charge in [0.25, 0.3) is 0 Å². The van der Waals surface area contributed by atoms with Crippen LogP contribution in [0.1, 0.15) is 16.7 Å². The summed E-state index contributed by atoms with van der Waals surface area (Å²) in [5.74, 6) is 6.43. The van der Waals surface area contributed by atoms with Crippen LogP contribution in [0.4, 0.5) is 0 Å². The van der Waals surface area contributed by atoms with Crippen molar-refractivity contribution in [2.45, 2.75) is 26.6 Å². The summed E-state index contributed by atoms with van der Waals surface area (Å²) in [6.07, 6.45) is 0. The van der Waals surface area contributed by atoms with Crippen LogP contribution in [0, 0.1) is 18.8 Å². The van der Waals surface area contributed by atoms with E-state index in [0.29, 0.717) is 0 Å². The number of hydrogen-bond acceptors (Lipinski definition) is 0. The van der Waals surface area contributed by atoms with E-state index in [0.717, 1.165) is 11.1 Å². The molecule has 0 bridgehead atoms. The van der Waals surface area contributed by atoms with Crippen LogP contribution in [-0.4, -0.2) is 8.07 Å². The molecular formula is C18H20Si. The molecule has 0 heterocycles. The Kier molecular flexibility index (Phi) is 3.92. The summed E-state index contributed by atoms with van der Waals surface area (Å²) in [6, 6.07) is 17.1. The lowest BCUT2D eigenvalue weighted by Crippen LogP contribution is -2.37. The number of benzene rings is 2. The van der Waals surface area contributed by atoms with E-state index >= 15 is 0 Å². The maximum atomic E-state index is 3.22. The minimum Gasteiger partial charge on any atom is -0.0656 e. The SMILES string of the molecule is Cc1ccc(C#Cc2ccc([Si](C)(C)C)cc2)cc1. The molecule has 0 atom stereocenters. The highest BCUT2D eigenvalue weighted by molar-refractivity contribution is 6.88.